The second-order valence-corrected chi connectivity index (χ2v) is 5.87. The molecule has 2 rings (SSSR count). The number of amides is 1. The fourth-order valence-electron chi connectivity index (χ4n) is 3.02. The Hall–Kier alpha value is -1.58. The highest BCUT2D eigenvalue weighted by Crippen LogP contribution is 2.27. The molecule has 0 spiro atoms. The Balaban J connectivity index is 1.91. The van der Waals surface area contributed by atoms with E-state index in [9.17, 15) is 9.59 Å². The third-order valence-corrected chi connectivity index (χ3v) is 4.18. The van der Waals surface area contributed by atoms with Gasteiger partial charge in [-0.3, -0.25) is 9.59 Å². The number of carbonyl (C=O) groups is 1. The first-order chi connectivity index (χ1) is 9.60. The number of hydrogen-bond donors (Lipinski definition) is 2. The van der Waals surface area contributed by atoms with E-state index in [4.69, 9.17) is 0 Å². The molecule has 0 aliphatic heterocycles. The minimum atomic E-state index is -0.245. The number of nitrogens with one attached hydrogen (secondary N) is 2. The Kier molecular flexibility index (Phi) is 4.99. The van der Waals surface area contributed by atoms with Crippen LogP contribution in [-0.2, 0) is 0 Å². The third-order valence-electron chi connectivity index (χ3n) is 4.18. The van der Waals surface area contributed by atoms with E-state index in [1.807, 2.05) is 0 Å². The van der Waals surface area contributed by atoms with E-state index >= 15 is 0 Å². The number of aromatic amines is 1. The Bertz CT molecular complexity index is 513. The first kappa shape index (κ1) is 14.8. The van der Waals surface area contributed by atoms with Crippen molar-refractivity contribution in [2.75, 3.05) is 0 Å². The van der Waals surface area contributed by atoms with Gasteiger partial charge in [-0.25, -0.2) is 0 Å². The van der Waals surface area contributed by atoms with Crippen molar-refractivity contribution in [3.8, 4) is 0 Å². The molecule has 20 heavy (non-hydrogen) atoms. The molecule has 0 radical (unpaired) electrons. The normalized spacial score (nSPS) is 22.5. The van der Waals surface area contributed by atoms with Crippen molar-refractivity contribution >= 4 is 5.91 Å². The van der Waals surface area contributed by atoms with Crippen molar-refractivity contribution in [2.45, 2.75) is 58.4 Å². The van der Waals surface area contributed by atoms with Gasteiger partial charge in [-0.15, -0.1) is 0 Å². The number of rotatable bonds is 4. The SMILES string of the molecule is CCCC1CCC(NC(=O)c2c[nH]c(C)cc2=O)CC1. The predicted molar refractivity (Wildman–Crippen MR) is 79.9 cm³/mol. The minimum Gasteiger partial charge on any atom is -0.364 e. The molecule has 1 aromatic rings. The van der Waals surface area contributed by atoms with Gasteiger partial charge in [-0.05, 0) is 38.5 Å². The largest absolute Gasteiger partial charge is 0.364 e. The summed E-state index contributed by atoms with van der Waals surface area (Å²) in [5, 5.41) is 3.00. The van der Waals surface area contributed by atoms with E-state index in [2.05, 4.69) is 17.2 Å². The molecule has 1 fully saturated rings. The van der Waals surface area contributed by atoms with Crippen molar-refractivity contribution in [1.82, 2.24) is 10.3 Å². The second kappa shape index (κ2) is 6.73. The monoisotopic (exact) mass is 276 g/mol. The van der Waals surface area contributed by atoms with E-state index in [1.165, 1.54) is 37.9 Å². The summed E-state index contributed by atoms with van der Waals surface area (Å²) in [5.74, 6) is 0.570. The molecule has 4 heteroatoms. The molecule has 0 aromatic carbocycles. The van der Waals surface area contributed by atoms with Crippen LogP contribution in [0.4, 0.5) is 0 Å². The lowest BCUT2D eigenvalue weighted by atomic mass is 9.83. The fraction of sp³-hybridized carbons (Fsp3) is 0.625. The van der Waals surface area contributed by atoms with Crippen LogP contribution in [0.5, 0.6) is 0 Å². The molecule has 0 unspecified atom stereocenters. The number of aromatic nitrogens is 1. The van der Waals surface area contributed by atoms with Crippen LogP contribution in [0.25, 0.3) is 0 Å². The van der Waals surface area contributed by atoms with E-state index < -0.39 is 0 Å². The molecule has 1 aliphatic carbocycles. The lowest BCUT2D eigenvalue weighted by Crippen LogP contribution is -2.39. The Labute approximate surface area is 120 Å². The van der Waals surface area contributed by atoms with Gasteiger partial charge in [0.2, 0.25) is 0 Å². The van der Waals surface area contributed by atoms with Crippen molar-refractivity contribution in [3.63, 3.8) is 0 Å². The van der Waals surface area contributed by atoms with Gasteiger partial charge in [-0.2, -0.15) is 0 Å². The van der Waals surface area contributed by atoms with Crippen LogP contribution < -0.4 is 10.7 Å². The lowest BCUT2D eigenvalue weighted by Gasteiger charge is -2.28. The minimum absolute atomic E-state index is 0.210. The molecular formula is C16H24N2O2. The van der Waals surface area contributed by atoms with E-state index in [-0.39, 0.29) is 22.9 Å². The average Bonchev–Trinajstić information content (AvgIpc) is 2.41. The summed E-state index contributed by atoms with van der Waals surface area (Å²) in [6.07, 6.45) is 8.46. The summed E-state index contributed by atoms with van der Waals surface area (Å²) < 4.78 is 0. The second-order valence-electron chi connectivity index (χ2n) is 5.87. The van der Waals surface area contributed by atoms with Gasteiger partial charge in [0.05, 0.1) is 0 Å². The Morgan fingerprint density at radius 3 is 2.65 bits per heavy atom. The molecular weight excluding hydrogens is 252 g/mol. The fourth-order valence-corrected chi connectivity index (χ4v) is 3.02. The van der Waals surface area contributed by atoms with Gasteiger partial charge < -0.3 is 10.3 Å². The van der Waals surface area contributed by atoms with Gasteiger partial charge in [0, 0.05) is 24.0 Å². The van der Waals surface area contributed by atoms with Crippen LogP contribution in [0.1, 0.15) is 61.5 Å². The quantitative estimate of drug-likeness (QED) is 0.888. The summed E-state index contributed by atoms with van der Waals surface area (Å²) >= 11 is 0. The summed E-state index contributed by atoms with van der Waals surface area (Å²) in [6.45, 7) is 4.02. The topological polar surface area (TPSA) is 62.0 Å². The number of H-pyrrole nitrogens is 1. The van der Waals surface area contributed by atoms with Crippen LogP contribution in [0, 0.1) is 12.8 Å². The van der Waals surface area contributed by atoms with E-state index in [1.54, 1.807) is 6.92 Å². The molecule has 1 aromatic heterocycles. The molecule has 1 aliphatic rings. The first-order valence-corrected chi connectivity index (χ1v) is 7.60. The highest BCUT2D eigenvalue weighted by Gasteiger charge is 2.22. The van der Waals surface area contributed by atoms with Gasteiger partial charge in [0.25, 0.3) is 5.91 Å². The summed E-state index contributed by atoms with van der Waals surface area (Å²) in [4.78, 5) is 26.8. The number of aryl methyl sites for hydroxylation is 1. The molecule has 1 saturated carbocycles. The maximum Gasteiger partial charge on any atom is 0.256 e. The number of pyridine rings is 1. The first-order valence-electron chi connectivity index (χ1n) is 7.60. The zero-order valence-electron chi connectivity index (χ0n) is 12.4. The highest BCUT2D eigenvalue weighted by atomic mass is 16.2. The zero-order chi connectivity index (χ0) is 14.5. The summed E-state index contributed by atoms with van der Waals surface area (Å²) in [5.41, 5.74) is 0.774. The number of hydrogen-bond acceptors (Lipinski definition) is 2. The van der Waals surface area contributed by atoms with Gasteiger partial charge in [-0.1, -0.05) is 19.8 Å². The third kappa shape index (κ3) is 3.71. The molecule has 4 nitrogen and oxygen atoms in total. The molecule has 0 saturated heterocycles. The lowest BCUT2D eigenvalue weighted by molar-refractivity contribution is 0.0919. The molecule has 2 N–H and O–H groups in total. The van der Waals surface area contributed by atoms with Crippen molar-refractivity contribution in [1.29, 1.82) is 0 Å². The average molecular weight is 276 g/mol. The highest BCUT2D eigenvalue weighted by molar-refractivity contribution is 5.93. The van der Waals surface area contributed by atoms with Crippen LogP contribution in [-0.4, -0.2) is 16.9 Å². The predicted octanol–water partition coefficient (Wildman–Crippen LogP) is 2.77. The number of carbonyl (C=O) groups excluding carboxylic acids is 1. The Morgan fingerprint density at radius 2 is 2.05 bits per heavy atom. The molecule has 1 heterocycles. The zero-order valence-corrected chi connectivity index (χ0v) is 12.4. The van der Waals surface area contributed by atoms with Crippen molar-refractivity contribution in [3.05, 3.63) is 33.7 Å². The Morgan fingerprint density at radius 1 is 1.35 bits per heavy atom. The van der Waals surface area contributed by atoms with Gasteiger partial charge in [0.15, 0.2) is 5.43 Å². The smallest absolute Gasteiger partial charge is 0.256 e. The van der Waals surface area contributed by atoms with Crippen LogP contribution in [0.2, 0.25) is 0 Å². The van der Waals surface area contributed by atoms with Crippen molar-refractivity contribution in [2.24, 2.45) is 5.92 Å². The molecule has 110 valence electrons. The maximum absolute atomic E-state index is 12.1. The molecule has 1 amide bonds. The van der Waals surface area contributed by atoms with Crippen LogP contribution in [0.15, 0.2) is 17.1 Å². The van der Waals surface area contributed by atoms with Crippen LogP contribution >= 0.6 is 0 Å². The summed E-state index contributed by atoms with van der Waals surface area (Å²) in [7, 11) is 0. The van der Waals surface area contributed by atoms with Crippen molar-refractivity contribution < 1.29 is 4.79 Å². The molecule has 0 atom stereocenters. The standard InChI is InChI=1S/C16H24N2O2/c1-3-4-12-5-7-13(8-6-12)18-16(20)14-10-17-11(2)9-15(14)19/h9-10,12-13H,3-8H2,1-2H3,(H,17,19)(H,18,20). The van der Waals surface area contributed by atoms with Gasteiger partial charge in [0.1, 0.15) is 5.56 Å². The summed E-state index contributed by atoms with van der Waals surface area (Å²) in [6, 6.07) is 1.68. The van der Waals surface area contributed by atoms with E-state index in [0.717, 1.165) is 24.5 Å². The van der Waals surface area contributed by atoms with Gasteiger partial charge >= 0.3 is 0 Å². The van der Waals surface area contributed by atoms with Crippen LogP contribution in [0.3, 0.4) is 0 Å². The maximum atomic E-state index is 12.1. The molecule has 0 bridgehead atoms. The van der Waals surface area contributed by atoms with E-state index in [0.29, 0.717) is 0 Å².